The molecule has 112 valence electrons. The van der Waals surface area contributed by atoms with Crippen molar-refractivity contribution >= 4 is 5.97 Å². The number of rotatable bonds is 3. The van der Waals surface area contributed by atoms with Crippen molar-refractivity contribution in [3.05, 3.63) is 29.3 Å². The van der Waals surface area contributed by atoms with Crippen LogP contribution in [0.1, 0.15) is 43.6 Å². The molecule has 0 aromatic heterocycles. The second kappa shape index (κ2) is 5.73. The van der Waals surface area contributed by atoms with Crippen molar-refractivity contribution in [2.75, 3.05) is 0 Å². The lowest BCUT2D eigenvalue weighted by molar-refractivity contribution is -0.274. The molecule has 1 aromatic rings. The van der Waals surface area contributed by atoms with E-state index in [1.54, 1.807) is 27.7 Å². The van der Waals surface area contributed by atoms with Gasteiger partial charge in [0.05, 0.1) is 5.56 Å². The average molecular weight is 290 g/mol. The van der Waals surface area contributed by atoms with E-state index in [0.717, 1.165) is 6.07 Å². The van der Waals surface area contributed by atoms with Gasteiger partial charge in [-0.3, -0.25) is 0 Å². The number of carbonyl (C=O) groups is 1. The van der Waals surface area contributed by atoms with Gasteiger partial charge >= 0.3 is 12.3 Å². The molecule has 0 aliphatic heterocycles. The Hall–Kier alpha value is -1.72. The molecule has 6 heteroatoms. The number of ether oxygens (including phenoxy) is 2. The first-order chi connectivity index (χ1) is 9.00. The van der Waals surface area contributed by atoms with Gasteiger partial charge in [-0.1, -0.05) is 6.92 Å². The van der Waals surface area contributed by atoms with Crippen LogP contribution in [0.5, 0.6) is 5.75 Å². The summed E-state index contributed by atoms with van der Waals surface area (Å²) in [6.07, 6.45) is -4.32. The SMILES string of the molecule is CCc1cc(OC(F)(F)F)cc(C(=O)OC(C)(C)C)c1. The Labute approximate surface area is 115 Å². The van der Waals surface area contributed by atoms with Gasteiger partial charge in [0, 0.05) is 0 Å². The van der Waals surface area contributed by atoms with E-state index in [4.69, 9.17) is 4.74 Å². The van der Waals surface area contributed by atoms with Gasteiger partial charge in [0.25, 0.3) is 0 Å². The molecule has 0 amide bonds. The van der Waals surface area contributed by atoms with Crippen LogP contribution in [0.15, 0.2) is 18.2 Å². The maximum Gasteiger partial charge on any atom is 0.573 e. The summed E-state index contributed by atoms with van der Waals surface area (Å²) in [7, 11) is 0. The fraction of sp³-hybridized carbons (Fsp3) is 0.500. The second-order valence-electron chi connectivity index (χ2n) is 5.27. The van der Waals surface area contributed by atoms with Crippen LogP contribution >= 0.6 is 0 Å². The van der Waals surface area contributed by atoms with Crippen molar-refractivity contribution in [3.8, 4) is 5.75 Å². The number of hydrogen-bond acceptors (Lipinski definition) is 3. The summed E-state index contributed by atoms with van der Waals surface area (Å²) < 4.78 is 45.7. The third kappa shape index (κ3) is 5.50. The van der Waals surface area contributed by atoms with Crippen LogP contribution in [0, 0.1) is 0 Å². The second-order valence-corrected chi connectivity index (χ2v) is 5.27. The van der Waals surface area contributed by atoms with Gasteiger partial charge in [-0.05, 0) is 51.0 Å². The Morgan fingerprint density at radius 2 is 1.75 bits per heavy atom. The maximum atomic E-state index is 12.2. The summed E-state index contributed by atoms with van der Waals surface area (Å²) in [6, 6.07) is 3.78. The molecule has 3 nitrogen and oxygen atoms in total. The van der Waals surface area contributed by atoms with Crippen molar-refractivity contribution in [1.29, 1.82) is 0 Å². The highest BCUT2D eigenvalue weighted by molar-refractivity contribution is 5.90. The first-order valence-electron chi connectivity index (χ1n) is 6.13. The predicted octanol–water partition coefficient (Wildman–Crippen LogP) is 4.10. The molecule has 0 unspecified atom stereocenters. The number of alkyl halides is 3. The summed E-state index contributed by atoms with van der Waals surface area (Å²) in [4.78, 5) is 11.9. The number of halogens is 3. The van der Waals surface area contributed by atoms with E-state index >= 15 is 0 Å². The number of carbonyl (C=O) groups excluding carboxylic acids is 1. The lowest BCUT2D eigenvalue weighted by Gasteiger charge is -2.20. The minimum absolute atomic E-state index is 0.0403. The van der Waals surface area contributed by atoms with Gasteiger partial charge in [0.2, 0.25) is 0 Å². The summed E-state index contributed by atoms with van der Waals surface area (Å²) >= 11 is 0. The van der Waals surface area contributed by atoms with Gasteiger partial charge < -0.3 is 9.47 Å². The van der Waals surface area contributed by atoms with Crippen LogP contribution in [0.2, 0.25) is 0 Å². The quantitative estimate of drug-likeness (QED) is 0.786. The van der Waals surface area contributed by atoms with E-state index in [1.165, 1.54) is 12.1 Å². The van der Waals surface area contributed by atoms with Gasteiger partial charge in [-0.15, -0.1) is 13.2 Å². The largest absolute Gasteiger partial charge is 0.573 e. The highest BCUT2D eigenvalue weighted by Crippen LogP contribution is 2.26. The zero-order chi connectivity index (χ0) is 15.6. The first kappa shape index (κ1) is 16.3. The van der Waals surface area contributed by atoms with E-state index in [1.807, 2.05) is 0 Å². The summed E-state index contributed by atoms with van der Waals surface area (Å²) in [5, 5.41) is 0. The normalized spacial score (nSPS) is 12.2. The van der Waals surface area contributed by atoms with Crippen LogP contribution in [0.4, 0.5) is 13.2 Å². The van der Waals surface area contributed by atoms with Crippen molar-refractivity contribution in [2.45, 2.75) is 46.1 Å². The fourth-order valence-corrected chi connectivity index (χ4v) is 1.51. The molecule has 0 spiro atoms. The van der Waals surface area contributed by atoms with E-state index in [9.17, 15) is 18.0 Å². The van der Waals surface area contributed by atoms with Gasteiger partial charge in [-0.25, -0.2) is 4.79 Å². The zero-order valence-corrected chi connectivity index (χ0v) is 11.8. The van der Waals surface area contributed by atoms with Gasteiger partial charge in [-0.2, -0.15) is 0 Å². The van der Waals surface area contributed by atoms with Crippen LogP contribution in [-0.2, 0) is 11.2 Å². The number of aryl methyl sites for hydroxylation is 1. The van der Waals surface area contributed by atoms with Crippen molar-refractivity contribution in [2.24, 2.45) is 0 Å². The van der Waals surface area contributed by atoms with Crippen LogP contribution < -0.4 is 4.74 Å². The molecule has 0 aliphatic rings. The van der Waals surface area contributed by atoms with Crippen LogP contribution in [-0.4, -0.2) is 17.9 Å². The third-order valence-corrected chi connectivity index (χ3v) is 2.24. The average Bonchev–Trinajstić information content (AvgIpc) is 2.23. The molecule has 0 N–H and O–H groups in total. The number of benzene rings is 1. The molecule has 0 aliphatic carbocycles. The number of esters is 1. The van der Waals surface area contributed by atoms with Gasteiger partial charge in [0.15, 0.2) is 0 Å². The highest BCUT2D eigenvalue weighted by atomic mass is 19.4. The van der Waals surface area contributed by atoms with Gasteiger partial charge in [0.1, 0.15) is 11.4 Å². The van der Waals surface area contributed by atoms with Crippen LogP contribution in [0.3, 0.4) is 0 Å². The summed E-state index contributed by atoms with van der Waals surface area (Å²) in [5.41, 5.74) is -0.115. The minimum atomic E-state index is -4.79. The highest BCUT2D eigenvalue weighted by Gasteiger charge is 2.31. The third-order valence-electron chi connectivity index (χ3n) is 2.24. The van der Waals surface area contributed by atoms with Crippen molar-refractivity contribution < 1.29 is 27.4 Å². The Morgan fingerprint density at radius 3 is 2.20 bits per heavy atom. The minimum Gasteiger partial charge on any atom is -0.456 e. The first-order valence-corrected chi connectivity index (χ1v) is 6.13. The molecular weight excluding hydrogens is 273 g/mol. The molecule has 1 rings (SSSR count). The Morgan fingerprint density at radius 1 is 1.15 bits per heavy atom. The van der Waals surface area contributed by atoms with Crippen molar-refractivity contribution in [1.82, 2.24) is 0 Å². The summed E-state index contributed by atoms with van der Waals surface area (Å²) in [6.45, 7) is 6.82. The lowest BCUT2D eigenvalue weighted by Crippen LogP contribution is -2.24. The lowest BCUT2D eigenvalue weighted by atomic mass is 10.1. The van der Waals surface area contributed by atoms with E-state index in [2.05, 4.69) is 4.74 Å². The molecule has 0 heterocycles. The Balaban J connectivity index is 3.07. The van der Waals surface area contributed by atoms with Crippen LogP contribution in [0.25, 0.3) is 0 Å². The molecule has 0 atom stereocenters. The monoisotopic (exact) mass is 290 g/mol. The Kier molecular flexibility index (Phi) is 4.68. The predicted molar refractivity (Wildman–Crippen MR) is 67.7 cm³/mol. The molecule has 0 saturated carbocycles. The molecule has 0 radical (unpaired) electrons. The van der Waals surface area contributed by atoms with E-state index < -0.39 is 23.7 Å². The molecule has 0 fully saturated rings. The molecule has 0 saturated heterocycles. The molecular formula is C14H17F3O3. The molecule has 20 heavy (non-hydrogen) atoms. The smallest absolute Gasteiger partial charge is 0.456 e. The Bertz CT molecular complexity index is 487. The maximum absolute atomic E-state index is 12.2. The van der Waals surface area contributed by atoms with Crippen molar-refractivity contribution in [3.63, 3.8) is 0 Å². The fourth-order valence-electron chi connectivity index (χ4n) is 1.51. The zero-order valence-electron chi connectivity index (χ0n) is 11.8. The standard InChI is InChI=1S/C14H17F3O3/c1-5-9-6-10(12(18)20-13(2,3)4)8-11(7-9)19-14(15,16)17/h6-8H,5H2,1-4H3. The van der Waals surface area contributed by atoms with E-state index in [-0.39, 0.29) is 5.56 Å². The van der Waals surface area contributed by atoms with E-state index in [0.29, 0.717) is 12.0 Å². The topological polar surface area (TPSA) is 35.5 Å². The molecule has 1 aromatic carbocycles. The molecule has 0 bridgehead atoms. The number of hydrogen-bond donors (Lipinski definition) is 0. The summed E-state index contributed by atoms with van der Waals surface area (Å²) in [5.74, 6) is -1.10.